The Hall–Kier alpha value is -1.65. The number of ether oxygens (including phenoxy) is 1. The molecule has 3 nitrogen and oxygen atoms in total. The zero-order valence-electron chi connectivity index (χ0n) is 7.21. The molecule has 0 saturated heterocycles. The van der Waals surface area contributed by atoms with E-state index < -0.39 is 17.7 Å². The molecule has 1 atom stereocenters. The minimum Gasteiger partial charge on any atom is -0.455 e. The van der Waals surface area contributed by atoms with Crippen molar-refractivity contribution in [1.82, 2.24) is 0 Å². The van der Waals surface area contributed by atoms with E-state index in [2.05, 4.69) is 4.99 Å². The summed E-state index contributed by atoms with van der Waals surface area (Å²) in [7, 11) is 0. The van der Waals surface area contributed by atoms with Crippen molar-refractivity contribution >= 4 is 6.02 Å². The van der Waals surface area contributed by atoms with Crippen LogP contribution in [0.25, 0.3) is 0 Å². The zero-order chi connectivity index (χ0) is 10.1. The normalized spacial score (nSPS) is 20.4. The van der Waals surface area contributed by atoms with Gasteiger partial charge in [0.05, 0.1) is 6.54 Å². The second-order valence-electron chi connectivity index (χ2n) is 2.93. The van der Waals surface area contributed by atoms with Gasteiger partial charge in [0.1, 0.15) is 6.10 Å². The van der Waals surface area contributed by atoms with Crippen molar-refractivity contribution in [2.24, 2.45) is 10.7 Å². The zero-order valence-corrected chi connectivity index (χ0v) is 7.21. The molecule has 1 aromatic rings. The number of nitrogens with two attached hydrogens (primary N) is 1. The number of rotatable bonds is 1. The molecule has 5 heteroatoms. The summed E-state index contributed by atoms with van der Waals surface area (Å²) < 4.78 is 31.1. The van der Waals surface area contributed by atoms with Crippen LogP contribution >= 0.6 is 0 Å². The number of hydrogen-bond acceptors (Lipinski definition) is 3. The topological polar surface area (TPSA) is 47.6 Å². The van der Waals surface area contributed by atoms with E-state index in [-0.39, 0.29) is 18.1 Å². The smallest absolute Gasteiger partial charge is 0.282 e. The number of benzene rings is 1. The molecule has 0 aliphatic carbocycles. The van der Waals surface area contributed by atoms with Crippen LogP contribution in [0, 0.1) is 11.6 Å². The Labute approximate surface area is 79.2 Å². The molecule has 0 amide bonds. The van der Waals surface area contributed by atoms with Crippen molar-refractivity contribution < 1.29 is 13.5 Å². The summed E-state index contributed by atoms with van der Waals surface area (Å²) >= 11 is 0. The van der Waals surface area contributed by atoms with Crippen LogP contribution in [0.15, 0.2) is 23.2 Å². The van der Waals surface area contributed by atoms with E-state index in [4.69, 9.17) is 10.5 Å². The number of aliphatic imine (C=N–C) groups is 1. The molecule has 2 N–H and O–H groups in total. The molecule has 14 heavy (non-hydrogen) atoms. The second-order valence-corrected chi connectivity index (χ2v) is 2.93. The summed E-state index contributed by atoms with van der Waals surface area (Å²) in [5.74, 6) is -1.79. The van der Waals surface area contributed by atoms with Gasteiger partial charge < -0.3 is 10.5 Å². The quantitative estimate of drug-likeness (QED) is 0.740. The molecule has 0 saturated carbocycles. The van der Waals surface area contributed by atoms with Gasteiger partial charge >= 0.3 is 0 Å². The van der Waals surface area contributed by atoms with E-state index in [1.165, 1.54) is 12.1 Å². The van der Waals surface area contributed by atoms with Crippen LogP contribution in [0.1, 0.15) is 11.7 Å². The molecule has 1 aliphatic heterocycles. The highest BCUT2D eigenvalue weighted by atomic mass is 19.2. The van der Waals surface area contributed by atoms with Crippen molar-refractivity contribution in [3.63, 3.8) is 0 Å². The van der Waals surface area contributed by atoms with Crippen LogP contribution in [0.3, 0.4) is 0 Å². The van der Waals surface area contributed by atoms with Crippen molar-refractivity contribution in [3.05, 3.63) is 35.4 Å². The van der Waals surface area contributed by atoms with Crippen LogP contribution < -0.4 is 5.73 Å². The lowest BCUT2D eigenvalue weighted by Crippen LogP contribution is -2.14. The molecule has 0 fully saturated rings. The fourth-order valence-electron chi connectivity index (χ4n) is 1.32. The molecule has 1 unspecified atom stereocenters. The van der Waals surface area contributed by atoms with Crippen molar-refractivity contribution in [2.75, 3.05) is 6.54 Å². The molecule has 0 spiro atoms. The monoisotopic (exact) mass is 198 g/mol. The molecular formula is C9H8F2N2O. The van der Waals surface area contributed by atoms with E-state index in [0.717, 1.165) is 6.07 Å². The first-order chi connectivity index (χ1) is 6.68. The molecule has 1 heterocycles. The Kier molecular flexibility index (Phi) is 2.07. The van der Waals surface area contributed by atoms with E-state index in [1.807, 2.05) is 0 Å². The summed E-state index contributed by atoms with van der Waals surface area (Å²) in [5, 5.41) is 0. The van der Waals surface area contributed by atoms with Crippen LogP contribution in [0.5, 0.6) is 0 Å². The fourth-order valence-corrected chi connectivity index (χ4v) is 1.32. The lowest BCUT2D eigenvalue weighted by molar-refractivity contribution is 0.219. The third-order valence-electron chi connectivity index (χ3n) is 2.00. The van der Waals surface area contributed by atoms with E-state index in [1.54, 1.807) is 0 Å². The van der Waals surface area contributed by atoms with Gasteiger partial charge in [-0.05, 0) is 6.07 Å². The van der Waals surface area contributed by atoms with Gasteiger partial charge in [-0.15, -0.1) is 0 Å². The van der Waals surface area contributed by atoms with Gasteiger partial charge in [0.25, 0.3) is 6.02 Å². The summed E-state index contributed by atoms with van der Waals surface area (Å²) in [6.07, 6.45) is -0.606. The van der Waals surface area contributed by atoms with Gasteiger partial charge in [0.2, 0.25) is 0 Å². The van der Waals surface area contributed by atoms with Crippen LogP contribution in [-0.4, -0.2) is 12.6 Å². The van der Waals surface area contributed by atoms with Gasteiger partial charge in [-0.1, -0.05) is 12.1 Å². The lowest BCUT2D eigenvalue weighted by atomic mass is 10.1. The van der Waals surface area contributed by atoms with Gasteiger partial charge in [-0.2, -0.15) is 0 Å². The van der Waals surface area contributed by atoms with Crippen LogP contribution in [0.2, 0.25) is 0 Å². The van der Waals surface area contributed by atoms with Gasteiger partial charge in [0, 0.05) is 5.56 Å². The van der Waals surface area contributed by atoms with Crippen LogP contribution in [-0.2, 0) is 4.74 Å². The van der Waals surface area contributed by atoms with Gasteiger partial charge in [-0.25, -0.2) is 13.8 Å². The number of hydrogen-bond donors (Lipinski definition) is 1. The van der Waals surface area contributed by atoms with Crippen molar-refractivity contribution in [3.8, 4) is 0 Å². The maximum absolute atomic E-state index is 13.2. The third kappa shape index (κ3) is 1.41. The minimum absolute atomic E-state index is 0.0126. The van der Waals surface area contributed by atoms with Crippen molar-refractivity contribution in [2.45, 2.75) is 6.10 Å². The van der Waals surface area contributed by atoms with E-state index in [0.29, 0.717) is 0 Å². The first-order valence-corrected chi connectivity index (χ1v) is 4.09. The minimum atomic E-state index is -0.901. The first-order valence-electron chi connectivity index (χ1n) is 4.09. The summed E-state index contributed by atoms with van der Waals surface area (Å²) in [5.41, 5.74) is 5.41. The maximum Gasteiger partial charge on any atom is 0.282 e. The third-order valence-corrected chi connectivity index (χ3v) is 2.00. The number of amidine groups is 1. The fraction of sp³-hybridized carbons (Fsp3) is 0.222. The summed E-state index contributed by atoms with van der Waals surface area (Å²) in [4.78, 5) is 3.75. The molecule has 0 radical (unpaired) electrons. The van der Waals surface area contributed by atoms with Gasteiger partial charge in [0.15, 0.2) is 11.6 Å². The highest BCUT2D eigenvalue weighted by Gasteiger charge is 2.24. The predicted octanol–water partition coefficient (Wildman–Crippen LogP) is 1.35. The molecule has 1 aromatic carbocycles. The number of halogens is 2. The standard InChI is InChI=1S/C9H8F2N2O/c10-6-3-1-2-5(8(6)11)7-4-13-9(12)14-7/h1-3,7H,4H2,(H2,12,13). The molecule has 1 aliphatic rings. The Morgan fingerprint density at radius 3 is 2.86 bits per heavy atom. The van der Waals surface area contributed by atoms with E-state index in [9.17, 15) is 8.78 Å². The Morgan fingerprint density at radius 1 is 1.43 bits per heavy atom. The predicted molar refractivity (Wildman–Crippen MR) is 46.7 cm³/mol. The SMILES string of the molecule is NC1=NCC(c2cccc(F)c2F)O1. The molecule has 2 rings (SSSR count). The second kappa shape index (κ2) is 3.25. The average molecular weight is 198 g/mol. The molecule has 0 aromatic heterocycles. The number of nitrogens with zero attached hydrogens (tertiary/aromatic N) is 1. The largest absolute Gasteiger partial charge is 0.455 e. The Balaban J connectivity index is 2.30. The Morgan fingerprint density at radius 2 is 2.21 bits per heavy atom. The molecular weight excluding hydrogens is 190 g/mol. The van der Waals surface area contributed by atoms with E-state index >= 15 is 0 Å². The van der Waals surface area contributed by atoms with Crippen LogP contribution in [0.4, 0.5) is 8.78 Å². The molecule has 0 bridgehead atoms. The molecule has 74 valence electrons. The highest BCUT2D eigenvalue weighted by molar-refractivity contribution is 5.73. The summed E-state index contributed by atoms with van der Waals surface area (Å²) in [6, 6.07) is 3.94. The van der Waals surface area contributed by atoms with Crippen molar-refractivity contribution in [1.29, 1.82) is 0 Å². The lowest BCUT2D eigenvalue weighted by Gasteiger charge is -2.10. The van der Waals surface area contributed by atoms with Gasteiger partial charge in [-0.3, -0.25) is 0 Å². The first kappa shape index (κ1) is 8.93. The maximum atomic E-state index is 13.2. The summed E-state index contributed by atoms with van der Waals surface area (Å²) in [6.45, 7) is 0.228. The Bertz CT molecular complexity index is 392. The highest BCUT2D eigenvalue weighted by Crippen LogP contribution is 2.25. The average Bonchev–Trinajstić information content (AvgIpc) is 2.57.